The summed E-state index contributed by atoms with van der Waals surface area (Å²) in [5, 5.41) is 16.7. The monoisotopic (exact) mass is 403 g/mol. The smallest absolute Gasteiger partial charge is 0.339 e. The van der Waals surface area contributed by atoms with Crippen LogP contribution in [0.15, 0.2) is 47.4 Å². The molecule has 6 nitrogen and oxygen atoms in total. The number of halogens is 1. The van der Waals surface area contributed by atoms with Crippen LogP contribution >= 0.6 is 34.3 Å². The van der Waals surface area contributed by atoms with Gasteiger partial charge in [0, 0.05) is 33.7 Å². The van der Waals surface area contributed by atoms with E-state index in [1.54, 1.807) is 46.4 Å². The molecule has 0 saturated heterocycles. The van der Waals surface area contributed by atoms with Crippen molar-refractivity contribution in [3.63, 3.8) is 0 Å². The van der Waals surface area contributed by atoms with Gasteiger partial charge in [0.25, 0.3) is 5.91 Å². The third kappa shape index (κ3) is 2.98. The Bertz CT molecular complexity index is 1100. The number of aromatic carboxylic acids is 1. The molecular weight excluding hydrogens is 394 g/mol. The molecule has 0 aliphatic heterocycles. The lowest BCUT2D eigenvalue weighted by molar-refractivity contribution is 0.0699. The fourth-order valence-corrected chi connectivity index (χ4v) is 4.29. The quantitative estimate of drug-likeness (QED) is 0.516. The highest BCUT2D eigenvalue weighted by molar-refractivity contribution is 7.15. The van der Waals surface area contributed by atoms with E-state index in [2.05, 4.69) is 10.3 Å². The van der Waals surface area contributed by atoms with E-state index < -0.39 is 11.9 Å². The molecular formula is C17H10ClN3O3S2. The Balaban J connectivity index is 1.68. The average molecular weight is 404 g/mol. The summed E-state index contributed by atoms with van der Waals surface area (Å²) in [5.41, 5.74) is 1.52. The van der Waals surface area contributed by atoms with Gasteiger partial charge in [-0.15, -0.1) is 22.7 Å². The van der Waals surface area contributed by atoms with Crippen molar-refractivity contribution >= 4 is 56.1 Å². The Morgan fingerprint density at radius 3 is 2.65 bits per heavy atom. The average Bonchev–Trinajstić information content (AvgIpc) is 3.29. The molecule has 0 saturated carbocycles. The second-order valence-corrected chi connectivity index (χ2v) is 7.53. The molecule has 9 heteroatoms. The van der Waals surface area contributed by atoms with Crippen LogP contribution in [0.1, 0.15) is 20.8 Å². The summed E-state index contributed by atoms with van der Waals surface area (Å²) in [6, 6.07) is 6.87. The minimum atomic E-state index is -1.11. The molecule has 4 rings (SSSR count). The van der Waals surface area contributed by atoms with Crippen molar-refractivity contribution < 1.29 is 14.7 Å². The Morgan fingerprint density at radius 2 is 1.96 bits per heavy atom. The Kier molecular flexibility index (Phi) is 4.23. The molecule has 0 aliphatic carbocycles. The molecule has 26 heavy (non-hydrogen) atoms. The molecule has 0 unspecified atom stereocenters. The first-order chi connectivity index (χ1) is 12.5. The Morgan fingerprint density at radius 1 is 1.19 bits per heavy atom. The van der Waals surface area contributed by atoms with Gasteiger partial charge >= 0.3 is 5.97 Å². The molecule has 0 spiro atoms. The number of benzene rings is 1. The van der Waals surface area contributed by atoms with E-state index in [0.29, 0.717) is 21.1 Å². The zero-order valence-electron chi connectivity index (χ0n) is 13.0. The number of hydrogen-bond donors (Lipinski definition) is 2. The standard InChI is InChI=1S/C17H10ClN3O3S2/c18-10-3-1-9(2-4-10)11-8-26-15(13(11)16(23)24)20-14(22)12-7-21-5-6-25-17(21)19-12/h1-8H,(H,20,22)(H,23,24). The highest BCUT2D eigenvalue weighted by Crippen LogP contribution is 2.36. The van der Waals surface area contributed by atoms with E-state index in [0.717, 1.165) is 11.3 Å². The van der Waals surface area contributed by atoms with Crippen molar-refractivity contribution in [3.05, 3.63) is 63.7 Å². The number of hydrogen-bond acceptors (Lipinski definition) is 5. The summed E-state index contributed by atoms with van der Waals surface area (Å²) in [6.07, 6.45) is 3.41. The number of amides is 1. The van der Waals surface area contributed by atoms with Crippen LogP contribution in [0.2, 0.25) is 5.02 Å². The predicted octanol–water partition coefficient (Wildman–Crippen LogP) is 4.73. The lowest BCUT2D eigenvalue weighted by Crippen LogP contribution is -2.14. The number of aromatic nitrogens is 2. The topological polar surface area (TPSA) is 83.7 Å². The number of thiophene rings is 1. The third-order valence-electron chi connectivity index (χ3n) is 3.71. The summed E-state index contributed by atoms with van der Waals surface area (Å²) >= 11 is 8.46. The van der Waals surface area contributed by atoms with Gasteiger partial charge in [0.2, 0.25) is 0 Å². The number of carbonyl (C=O) groups is 2. The van der Waals surface area contributed by atoms with Crippen LogP contribution in [0, 0.1) is 0 Å². The number of carbonyl (C=O) groups excluding carboxylic acids is 1. The molecule has 3 heterocycles. The van der Waals surface area contributed by atoms with E-state index in [4.69, 9.17) is 11.6 Å². The first-order valence-corrected chi connectivity index (χ1v) is 9.51. The molecule has 4 aromatic rings. The number of imidazole rings is 1. The van der Waals surface area contributed by atoms with Gasteiger partial charge in [-0.1, -0.05) is 23.7 Å². The summed E-state index contributed by atoms with van der Waals surface area (Å²) < 4.78 is 1.74. The maximum Gasteiger partial charge on any atom is 0.339 e. The van der Waals surface area contributed by atoms with Crippen LogP contribution in [-0.2, 0) is 0 Å². The van der Waals surface area contributed by atoms with Crippen molar-refractivity contribution in [2.45, 2.75) is 0 Å². The normalized spacial score (nSPS) is 11.0. The highest BCUT2D eigenvalue weighted by atomic mass is 35.5. The van der Waals surface area contributed by atoms with Crippen LogP contribution in [0.3, 0.4) is 0 Å². The van der Waals surface area contributed by atoms with Crippen molar-refractivity contribution in [2.24, 2.45) is 0 Å². The molecule has 0 radical (unpaired) electrons. The predicted molar refractivity (Wildman–Crippen MR) is 103 cm³/mol. The van der Waals surface area contributed by atoms with E-state index in [1.807, 2.05) is 5.38 Å². The highest BCUT2D eigenvalue weighted by Gasteiger charge is 2.22. The van der Waals surface area contributed by atoms with E-state index in [9.17, 15) is 14.7 Å². The first kappa shape index (κ1) is 16.8. The van der Waals surface area contributed by atoms with Crippen molar-refractivity contribution in [2.75, 3.05) is 5.32 Å². The second kappa shape index (κ2) is 6.56. The molecule has 0 atom stereocenters. The van der Waals surface area contributed by atoms with Gasteiger partial charge in [-0.05, 0) is 17.7 Å². The molecule has 0 bridgehead atoms. The zero-order chi connectivity index (χ0) is 18.3. The first-order valence-electron chi connectivity index (χ1n) is 7.37. The number of rotatable bonds is 4. The number of thiazole rings is 1. The summed E-state index contributed by atoms with van der Waals surface area (Å²) in [7, 11) is 0. The van der Waals surface area contributed by atoms with Crippen LogP contribution < -0.4 is 5.32 Å². The van der Waals surface area contributed by atoms with Crippen molar-refractivity contribution in [1.82, 2.24) is 9.38 Å². The molecule has 0 fully saturated rings. The van der Waals surface area contributed by atoms with E-state index in [1.165, 1.54) is 11.3 Å². The Labute approximate surface area is 160 Å². The zero-order valence-corrected chi connectivity index (χ0v) is 15.4. The van der Waals surface area contributed by atoms with Crippen molar-refractivity contribution in [1.29, 1.82) is 0 Å². The SMILES string of the molecule is O=C(Nc1scc(-c2ccc(Cl)cc2)c1C(=O)O)c1cn2ccsc2n1. The summed E-state index contributed by atoms with van der Waals surface area (Å²) in [4.78, 5) is 29.2. The summed E-state index contributed by atoms with van der Waals surface area (Å²) in [5.74, 6) is -1.56. The Hall–Kier alpha value is -2.68. The summed E-state index contributed by atoms with van der Waals surface area (Å²) in [6.45, 7) is 0. The minimum Gasteiger partial charge on any atom is -0.478 e. The second-order valence-electron chi connectivity index (χ2n) is 5.34. The number of carboxylic acid groups (broad SMARTS) is 1. The van der Waals surface area contributed by atoms with Crippen LogP contribution in [0.25, 0.3) is 16.1 Å². The molecule has 3 aromatic heterocycles. The largest absolute Gasteiger partial charge is 0.478 e. The van der Waals surface area contributed by atoms with Gasteiger partial charge in [-0.2, -0.15) is 0 Å². The van der Waals surface area contributed by atoms with Gasteiger partial charge in [0.05, 0.1) is 0 Å². The number of carboxylic acids is 1. The van der Waals surface area contributed by atoms with E-state index >= 15 is 0 Å². The maximum atomic E-state index is 12.5. The fourth-order valence-electron chi connectivity index (χ4n) is 2.51. The minimum absolute atomic E-state index is 0.0479. The fraction of sp³-hybridized carbons (Fsp3) is 0. The van der Waals surface area contributed by atoms with Gasteiger partial charge in [-0.3, -0.25) is 9.20 Å². The molecule has 1 amide bonds. The number of nitrogens with one attached hydrogen (secondary N) is 1. The van der Waals surface area contributed by atoms with Crippen LogP contribution in [0.5, 0.6) is 0 Å². The molecule has 0 aliphatic rings. The number of anilines is 1. The van der Waals surface area contributed by atoms with E-state index in [-0.39, 0.29) is 16.3 Å². The molecule has 130 valence electrons. The lowest BCUT2D eigenvalue weighted by atomic mass is 10.0. The van der Waals surface area contributed by atoms with Gasteiger partial charge in [0.15, 0.2) is 4.96 Å². The molecule has 1 aromatic carbocycles. The van der Waals surface area contributed by atoms with Gasteiger partial charge < -0.3 is 10.4 Å². The number of fused-ring (bicyclic) bond motifs is 1. The van der Waals surface area contributed by atoms with Gasteiger partial charge in [0.1, 0.15) is 16.3 Å². The number of nitrogens with zero attached hydrogens (tertiary/aromatic N) is 2. The van der Waals surface area contributed by atoms with Gasteiger partial charge in [-0.25, -0.2) is 9.78 Å². The van der Waals surface area contributed by atoms with Crippen LogP contribution in [0.4, 0.5) is 5.00 Å². The maximum absolute atomic E-state index is 12.5. The lowest BCUT2D eigenvalue weighted by Gasteiger charge is -2.05. The molecule has 2 N–H and O–H groups in total. The van der Waals surface area contributed by atoms with Crippen molar-refractivity contribution in [3.8, 4) is 11.1 Å². The third-order valence-corrected chi connectivity index (χ3v) is 5.63. The van der Waals surface area contributed by atoms with Crippen LogP contribution in [-0.4, -0.2) is 26.4 Å².